The van der Waals surface area contributed by atoms with E-state index in [9.17, 15) is 8.42 Å². The van der Waals surface area contributed by atoms with Crippen molar-refractivity contribution in [2.45, 2.75) is 11.4 Å². The average Bonchev–Trinajstić information content (AvgIpc) is 2.47. The summed E-state index contributed by atoms with van der Waals surface area (Å²) in [5.74, 6) is 0.646. The molecule has 7 heteroatoms. The number of rotatable bonds is 5. The Labute approximate surface area is 129 Å². The Morgan fingerprint density at radius 1 is 1.29 bits per heavy atom. The van der Waals surface area contributed by atoms with Crippen molar-refractivity contribution in [2.24, 2.45) is 0 Å². The number of ether oxygens (including phenoxy) is 1. The SMILES string of the molecule is COc1ccccc1CN(C)S(=O)(=O)c1ccnc(Cl)c1. The van der Waals surface area contributed by atoms with Gasteiger partial charge in [0.25, 0.3) is 0 Å². The Hall–Kier alpha value is -1.63. The van der Waals surface area contributed by atoms with Crippen LogP contribution in [0.3, 0.4) is 0 Å². The van der Waals surface area contributed by atoms with E-state index in [1.807, 2.05) is 18.2 Å². The summed E-state index contributed by atoms with van der Waals surface area (Å²) in [6.45, 7) is 0.201. The van der Waals surface area contributed by atoms with Crippen molar-refractivity contribution in [3.63, 3.8) is 0 Å². The average molecular weight is 327 g/mol. The van der Waals surface area contributed by atoms with Crippen molar-refractivity contribution in [2.75, 3.05) is 14.2 Å². The molecule has 0 saturated carbocycles. The van der Waals surface area contributed by atoms with Crippen LogP contribution in [0.2, 0.25) is 5.15 Å². The maximum Gasteiger partial charge on any atom is 0.243 e. The summed E-state index contributed by atoms with van der Waals surface area (Å²) in [7, 11) is -0.570. The summed E-state index contributed by atoms with van der Waals surface area (Å²) < 4.78 is 31.5. The quantitative estimate of drug-likeness (QED) is 0.792. The highest BCUT2D eigenvalue weighted by Crippen LogP contribution is 2.23. The molecule has 0 saturated heterocycles. The van der Waals surface area contributed by atoms with Crippen LogP contribution in [0.1, 0.15) is 5.56 Å². The number of para-hydroxylation sites is 1. The van der Waals surface area contributed by atoms with Gasteiger partial charge in [0.2, 0.25) is 10.0 Å². The summed E-state index contributed by atoms with van der Waals surface area (Å²) in [4.78, 5) is 3.90. The van der Waals surface area contributed by atoms with Gasteiger partial charge in [0.15, 0.2) is 0 Å². The van der Waals surface area contributed by atoms with Crippen molar-refractivity contribution in [1.82, 2.24) is 9.29 Å². The number of nitrogens with zero attached hydrogens (tertiary/aromatic N) is 2. The van der Waals surface area contributed by atoms with Gasteiger partial charge in [0.1, 0.15) is 10.9 Å². The topological polar surface area (TPSA) is 59.5 Å². The number of pyridine rings is 1. The first kappa shape index (κ1) is 15.8. The van der Waals surface area contributed by atoms with Gasteiger partial charge in [0.05, 0.1) is 12.0 Å². The van der Waals surface area contributed by atoms with E-state index in [1.54, 1.807) is 13.2 Å². The fraction of sp³-hybridized carbons (Fsp3) is 0.214. The highest BCUT2D eigenvalue weighted by Gasteiger charge is 2.22. The standard InChI is InChI=1S/C14H15ClN2O3S/c1-17(10-11-5-3-4-6-13(11)20-2)21(18,19)12-7-8-16-14(15)9-12/h3-9H,10H2,1-2H3. The second-order valence-electron chi connectivity index (χ2n) is 4.39. The summed E-state index contributed by atoms with van der Waals surface area (Å²) in [5, 5.41) is 0.141. The maximum atomic E-state index is 12.5. The summed E-state index contributed by atoms with van der Waals surface area (Å²) >= 11 is 5.75. The molecule has 2 aromatic rings. The van der Waals surface area contributed by atoms with Crippen molar-refractivity contribution < 1.29 is 13.2 Å². The third-order valence-electron chi connectivity index (χ3n) is 2.99. The van der Waals surface area contributed by atoms with Crippen molar-refractivity contribution in [1.29, 1.82) is 0 Å². The molecule has 1 heterocycles. The number of aromatic nitrogens is 1. The van der Waals surface area contributed by atoms with Crippen LogP contribution in [0.25, 0.3) is 0 Å². The normalized spacial score (nSPS) is 11.6. The Morgan fingerprint density at radius 3 is 2.67 bits per heavy atom. The Kier molecular flexibility index (Phi) is 4.82. The van der Waals surface area contributed by atoms with E-state index >= 15 is 0 Å². The summed E-state index contributed by atoms with van der Waals surface area (Å²) in [5.41, 5.74) is 0.784. The smallest absolute Gasteiger partial charge is 0.243 e. The molecule has 5 nitrogen and oxygen atoms in total. The fourth-order valence-corrected chi connectivity index (χ4v) is 3.28. The lowest BCUT2D eigenvalue weighted by molar-refractivity contribution is 0.398. The Balaban J connectivity index is 2.29. The molecule has 0 aliphatic carbocycles. The Bertz CT molecular complexity index is 735. The first-order chi connectivity index (χ1) is 9.95. The zero-order chi connectivity index (χ0) is 15.5. The van der Waals surface area contributed by atoms with Gasteiger partial charge in [-0.1, -0.05) is 29.8 Å². The van der Waals surface area contributed by atoms with Crippen LogP contribution in [-0.2, 0) is 16.6 Å². The minimum atomic E-state index is -3.63. The molecular formula is C14H15ClN2O3S. The third-order valence-corrected chi connectivity index (χ3v) is 5.00. The predicted molar refractivity (Wildman–Crippen MR) is 80.9 cm³/mol. The van der Waals surface area contributed by atoms with Gasteiger partial charge in [-0.25, -0.2) is 13.4 Å². The van der Waals surface area contributed by atoms with E-state index in [-0.39, 0.29) is 16.6 Å². The first-order valence-corrected chi connectivity index (χ1v) is 7.96. The lowest BCUT2D eigenvalue weighted by Gasteiger charge is -2.18. The molecule has 0 fully saturated rings. The molecule has 21 heavy (non-hydrogen) atoms. The lowest BCUT2D eigenvalue weighted by atomic mass is 10.2. The van der Waals surface area contributed by atoms with Crippen molar-refractivity contribution in [3.8, 4) is 5.75 Å². The van der Waals surface area contributed by atoms with Crippen LogP contribution in [-0.4, -0.2) is 31.9 Å². The molecule has 1 aromatic carbocycles. The second-order valence-corrected chi connectivity index (χ2v) is 6.82. The van der Waals surface area contributed by atoms with Crippen LogP contribution in [0.4, 0.5) is 0 Å². The molecular weight excluding hydrogens is 312 g/mol. The number of benzene rings is 1. The molecule has 112 valence electrons. The molecule has 2 rings (SSSR count). The van der Waals surface area contributed by atoms with E-state index in [0.717, 1.165) is 5.56 Å². The van der Waals surface area contributed by atoms with Crippen LogP contribution in [0.15, 0.2) is 47.5 Å². The minimum absolute atomic E-state index is 0.111. The summed E-state index contributed by atoms with van der Waals surface area (Å²) in [6.07, 6.45) is 1.37. The monoisotopic (exact) mass is 326 g/mol. The van der Waals surface area contributed by atoms with Gasteiger partial charge in [-0.05, 0) is 18.2 Å². The molecule has 0 N–H and O–H groups in total. The van der Waals surface area contributed by atoms with Gasteiger partial charge in [0, 0.05) is 25.4 Å². The van der Waals surface area contributed by atoms with Gasteiger partial charge < -0.3 is 4.74 Å². The van der Waals surface area contributed by atoms with E-state index in [1.165, 1.54) is 29.7 Å². The predicted octanol–water partition coefficient (Wildman–Crippen LogP) is 2.56. The van der Waals surface area contributed by atoms with E-state index in [4.69, 9.17) is 16.3 Å². The zero-order valence-corrected chi connectivity index (χ0v) is 13.2. The number of hydrogen-bond donors (Lipinski definition) is 0. The lowest BCUT2D eigenvalue weighted by Crippen LogP contribution is -2.26. The molecule has 0 spiro atoms. The fourth-order valence-electron chi connectivity index (χ4n) is 1.88. The molecule has 0 aliphatic rings. The highest BCUT2D eigenvalue weighted by molar-refractivity contribution is 7.89. The zero-order valence-electron chi connectivity index (χ0n) is 11.7. The first-order valence-electron chi connectivity index (χ1n) is 6.15. The molecule has 0 radical (unpaired) electrons. The van der Waals surface area contributed by atoms with Crippen molar-refractivity contribution in [3.05, 3.63) is 53.3 Å². The maximum absolute atomic E-state index is 12.5. The molecule has 0 unspecified atom stereocenters. The molecule has 1 aromatic heterocycles. The van der Waals surface area contributed by atoms with Crippen LogP contribution < -0.4 is 4.74 Å². The van der Waals surface area contributed by atoms with Gasteiger partial charge in [-0.3, -0.25) is 0 Å². The van der Waals surface area contributed by atoms with Crippen LogP contribution in [0, 0.1) is 0 Å². The van der Waals surface area contributed by atoms with Gasteiger partial charge >= 0.3 is 0 Å². The van der Waals surface area contributed by atoms with Gasteiger partial charge in [-0.15, -0.1) is 0 Å². The number of halogens is 1. The second kappa shape index (κ2) is 6.43. The minimum Gasteiger partial charge on any atom is -0.496 e. The molecule has 0 bridgehead atoms. The van der Waals surface area contributed by atoms with E-state index < -0.39 is 10.0 Å². The van der Waals surface area contributed by atoms with Crippen LogP contribution in [0.5, 0.6) is 5.75 Å². The van der Waals surface area contributed by atoms with Gasteiger partial charge in [-0.2, -0.15) is 4.31 Å². The molecule has 0 atom stereocenters. The Morgan fingerprint density at radius 2 is 2.00 bits per heavy atom. The highest BCUT2D eigenvalue weighted by atomic mass is 35.5. The number of hydrogen-bond acceptors (Lipinski definition) is 4. The molecule has 0 aliphatic heterocycles. The summed E-state index contributed by atoms with van der Waals surface area (Å²) in [6, 6.07) is 10.0. The van der Waals surface area contributed by atoms with E-state index in [0.29, 0.717) is 5.75 Å². The third kappa shape index (κ3) is 3.53. The van der Waals surface area contributed by atoms with Crippen molar-refractivity contribution >= 4 is 21.6 Å². The van der Waals surface area contributed by atoms with E-state index in [2.05, 4.69) is 4.98 Å². The number of methoxy groups -OCH3 is 1. The largest absolute Gasteiger partial charge is 0.496 e. The van der Waals surface area contributed by atoms with Crippen LogP contribution >= 0.6 is 11.6 Å². The number of sulfonamides is 1. The molecule has 0 amide bonds.